The highest BCUT2D eigenvalue weighted by molar-refractivity contribution is 5.17. The van der Waals surface area contributed by atoms with Crippen molar-refractivity contribution >= 4 is 0 Å². The highest BCUT2D eigenvalue weighted by atomic mass is 16.5. The Labute approximate surface area is 99.6 Å². The molecule has 16 heavy (non-hydrogen) atoms. The molecule has 1 rings (SSSR count). The first-order chi connectivity index (χ1) is 7.58. The molecule has 0 aromatic carbocycles. The topological polar surface area (TPSA) is 38.5 Å². The first kappa shape index (κ1) is 13.5. The van der Waals surface area contributed by atoms with Crippen LogP contribution < -0.4 is 5.73 Å². The lowest BCUT2D eigenvalue weighted by Gasteiger charge is -2.44. The van der Waals surface area contributed by atoms with Gasteiger partial charge in [-0.2, -0.15) is 0 Å². The van der Waals surface area contributed by atoms with Gasteiger partial charge in [0.05, 0.1) is 12.9 Å². The van der Waals surface area contributed by atoms with E-state index in [0.717, 1.165) is 32.3 Å². The van der Waals surface area contributed by atoms with Gasteiger partial charge in [0, 0.05) is 11.6 Å². The number of hydrogen-bond acceptors (Lipinski definition) is 3. The molecule has 1 aliphatic rings. The number of nitrogens with two attached hydrogens (primary N) is 1. The van der Waals surface area contributed by atoms with Crippen LogP contribution in [0.5, 0.6) is 0 Å². The van der Waals surface area contributed by atoms with Crippen molar-refractivity contribution < 1.29 is 4.74 Å². The maximum Gasteiger partial charge on any atom is 0.0876 e. The molecule has 94 valence electrons. The molecule has 1 unspecified atom stereocenters. The average molecular weight is 226 g/mol. The van der Waals surface area contributed by atoms with Crippen LogP contribution in [0.1, 0.15) is 39.5 Å². The molecular formula is C13H26N2O. The van der Waals surface area contributed by atoms with E-state index in [1.807, 2.05) is 6.26 Å². The molecule has 3 heteroatoms. The molecule has 1 aliphatic heterocycles. The van der Waals surface area contributed by atoms with Crippen molar-refractivity contribution in [3.8, 4) is 0 Å². The SMILES string of the molecule is CCC(CC)(C(N)C1=COCCC1)N(C)C. The summed E-state index contributed by atoms with van der Waals surface area (Å²) in [6.07, 6.45) is 6.19. The van der Waals surface area contributed by atoms with E-state index in [2.05, 4.69) is 32.8 Å². The second-order valence-electron chi connectivity index (χ2n) is 4.85. The average Bonchev–Trinajstić information content (AvgIpc) is 2.32. The van der Waals surface area contributed by atoms with Gasteiger partial charge in [0.1, 0.15) is 0 Å². The van der Waals surface area contributed by atoms with Gasteiger partial charge in [-0.15, -0.1) is 0 Å². The van der Waals surface area contributed by atoms with Gasteiger partial charge in [0.2, 0.25) is 0 Å². The third-order valence-electron chi connectivity index (χ3n) is 4.06. The summed E-state index contributed by atoms with van der Waals surface area (Å²) in [4.78, 5) is 2.27. The molecule has 0 aliphatic carbocycles. The van der Waals surface area contributed by atoms with Crippen LogP contribution in [0, 0.1) is 0 Å². The van der Waals surface area contributed by atoms with Crippen LogP contribution in [-0.2, 0) is 4.74 Å². The zero-order valence-electron chi connectivity index (χ0n) is 11.1. The molecule has 0 bridgehead atoms. The summed E-state index contributed by atoms with van der Waals surface area (Å²) in [5.41, 5.74) is 7.79. The Morgan fingerprint density at radius 2 is 2.06 bits per heavy atom. The van der Waals surface area contributed by atoms with Gasteiger partial charge in [0.25, 0.3) is 0 Å². The third-order valence-corrected chi connectivity index (χ3v) is 4.06. The molecule has 0 saturated heterocycles. The number of nitrogens with zero attached hydrogens (tertiary/aromatic N) is 1. The normalized spacial score (nSPS) is 19.2. The minimum atomic E-state index is 0.0620. The van der Waals surface area contributed by atoms with Crippen LogP contribution in [0.25, 0.3) is 0 Å². The van der Waals surface area contributed by atoms with E-state index in [1.54, 1.807) is 0 Å². The molecular weight excluding hydrogens is 200 g/mol. The van der Waals surface area contributed by atoms with Crippen LogP contribution in [0.3, 0.4) is 0 Å². The van der Waals surface area contributed by atoms with Gasteiger partial charge >= 0.3 is 0 Å². The molecule has 0 aromatic heterocycles. The summed E-state index contributed by atoms with van der Waals surface area (Å²) in [7, 11) is 4.24. The Balaban J connectivity index is 2.89. The molecule has 0 amide bonds. The fraction of sp³-hybridized carbons (Fsp3) is 0.846. The molecule has 2 N–H and O–H groups in total. The Morgan fingerprint density at radius 3 is 2.44 bits per heavy atom. The number of rotatable bonds is 5. The summed E-state index contributed by atoms with van der Waals surface area (Å²) in [5, 5.41) is 0. The van der Waals surface area contributed by atoms with Crippen LogP contribution in [0.15, 0.2) is 11.8 Å². The van der Waals surface area contributed by atoms with E-state index in [1.165, 1.54) is 5.57 Å². The minimum absolute atomic E-state index is 0.0620. The molecule has 0 aromatic rings. The molecule has 0 fully saturated rings. The van der Waals surface area contributed by atoms with E-state index in [9.17, 15) is 0 Å². The van der Waals surface area contributed by atoms with E-state index in [0.29, 0.717) is 0 Å². The smallest absolute Gasteiger partial charge is 0.0876 e. The summed E-state index contributed by atoms with van der Waals surface area (Å²) in [6.45, 7) is 5.27. The van der Waals surface area contributed by atoms with Gasteiger partial charge < -0.3 is 15.4 Å². The third kappa shape index (κ3) is 2.41. The van der Waals surface area contributed by atoms with E-state index in [-0.39, 0.29) is 11.6 Å². The largest absolute Gasteiger partial charge is 0.501 e. The van der Waals surface area contributed by atoms with Gasteiger partial charge in [0.15, 0.2) is 0 Å². The molecule has 1 heterocycles. The lowest BCUT2D eigenvalue weighted by Crippen LogP contribution is -2.57. The van der Waals surface area contributed by atoms with E-state index < -0.39 is 0 Å². The Kier molecular flexibility index (Phi) is 4.81. The first-order valence-electron chi connectivity index (χ1n) is 6.32. The van der Waals surface area contributed by atoms with E-state index in [4.69, 9.17) is 10.5 Å². The molecule has 3 nitrogen and oxygen atoms in total. The maximum atomic E-state index is 6.46. The van der Waals surface area contributed by atoms with E-state index >= 15 is 0 Å². The maximum absolute atomic E-state index is 6.46. The number of ether oxygens (including phenoxy) is 1. The second-order valence-corrected chi connectivity index (χ2v) is 4.85. The van der Waals surface area contributed by atoms with Crippen LogP contribution in [0.4, 0.5) is 0 Å². The van der Waals surface area contributed by atoms with Crippen molar-refractivity contribution in [3.05, 3.63) is 11.8 Å². The van der Waals surface area contributed by atoms with Gasteiger partial charge in [-0.1, -0.05) is 13.8 Å². The lowest BCUT2D eigenvalue weighted by atomic mass is 9.79. The first-order valence-corrected chi connectivity index (χ1v) is 6.32. The monoisotopic (exact) mass is 226 g/mol. The van der Waals surface area contributed by atoms with Crippen molar-refractivity contribution in [1.82, 2.24) is 4.90 Å². The Hall–Kier alpha value is -0.540. The van der Waals surface area contributed by atoms with Gasteiger partial charge in [-0.25, -0.2) is 0 Å². The number of likely N-dealkylation sites (N-methyl/N-ethyl adjacent to an activating group) is 1. The minimum Gasteiger partial charge on any atom is -0.501 e. The summed E-state index contributed by atoms with van der Waals surface area (Å²) in [5.74, 6) is 0. The quantitative estimate of drug-likeness (QED) is 0.780. The van der Waals surface area contributed by atoms with Gasteiger partial charge in [-0.3, -0.25) is 0 Å². The predicted molar refractivity (Wildman–Crippen MR) is 68.2 cm³/mol. The highest BCUT2D eigenvalue weighted by Crippen LogP contribution is 2.31. The fourth-order valence-electron chi connectivity index (χ4n) is 2.76. The lowest BCUT2D eigenvalue weighted by molar-refractivity contribution is 0.111. The van der Waals surface area contributed by atoms with Crippen molar-refractivity contribution in [2.45, 2.75) is 51.1 Å². The van der Waals surface area contributed by atoms with Gasteiger partial charge in [-0.05, 0) is 45.4 Å². The van der Waals surface area contributed by atoms with Crippen LogP contribution in [0.2, 0.25) is 0 Å². The summed E-state index contributed by atoms with van der Waals surface area (Å²) < 4.78 is 5.41. The highest BCUT2D eigenvalue weighted by Gasteiger charge is 2.37. The van der Waals surface area contributed by atoms with Crippen molar-refractivity contribution in [2.75, 3.05) is 20.7 Å². The van der Waals surface area contributed by atoms with Crippen molar-refractivity contribution in [3.63, 3.8) is 0 Å². The van der Waals surface area contributed by atoms with Crippen molar-refractivity contribution in [1.29, 1.82) is 0 Å². The van der Waals surface area contributed by atoms with Crippen LogP contribution in [-0.4, -0.2) is 37.2 Å². The molecule has 0 spiro atoms. The zero-order valence-corrected chi connectivity index (χ0v) is 11.1. The molecule has 0 radical (unpaired) electrons. The summed E-state index contributed by atoms with van der Waals surface area (Å²) in [6, 6.07) is 0.0813. The zero-order chi connectivity index (χ0) is 12.2. The Bertz CT molecular complexity index is 244. The van der Waals surface area contributed by atoms with Crippen molar-refractivity contribution in [2.24, 2.45) is 5.73 Å². The molecule has 1 atom stereocenters. The standard InChI is InChI=1S/C13H26N2O/c1-5-13(6-2,15(3)4)12(14)11-8-7-9-16-10-11/h10,12H,5-9,14H2,1-4H3. The van der Waals surface area contributed by atoms with Crippen LogP contribution >= 0.6 is 0 Å². The molecule has 0 saturated carbocycles. The Morgan fingerprint density at radius 1 is 1.44 bits per heavy atom. The fourth-order valence-corrected chi connectivity index (χ4v) is 2.76. The summed E-state index contributed by atoms with van der Waals surface area (Å²) >= 11 is 0. The number of hydrogen-bond donors (Lipinski definition) is 1. The second kappa shape index (κ2) is 5.69. The predicted octanol–water partition coefficient (Wildman–Crippen LogP) is 2.13.